The van der Waals surface area contributed by atoms with E-state index in [-0.39, 0.29) is 5.78 Å². The van der Waals surface area contributed by atoms with E-state index in [1.165, 1.54) is 10.6 Å². The molecule has 70 valence electrons. The number of Topliss-reactive ketones (excluding diaryl/α,β-unsaturated/α-hetero) is 1. The molecule has 13 heavy (non-hydrogen) atoms. The van der Waals surface area contributed by atoms with E-state index >= 15 is 0 Å². The molecule has 0 aliphatic heterocycles. The lowest BCUT2D eigenvalue weighted by atomic mass is 10.1. The zero-order valence-electron chi connectivity index (χ0n) is 8.43. The average molecular weight is 195 g/mol. The zero-order valence-corrected chi connectivity index (χ0v) is 9.43. The highest BCUT2D eigenvalue weighted by Crippen LogP contribution is 2.30. The SMILES string of the molecule is CN=Cc1c(C)[pH]c(C)c1C(C)=O. The third kappa shape index (κ3) is 1.89. The molecule has 3 heteroatoms. The molecule has 0 saturated heterocycles. The van der Waals surface area contributed by atoms with Crippen LogP contribution in [-0.4, -0.2) is 19.0 Å². The standard InChI is InChI=1S/C10H14NOP/c1-6(12)10-8(3)13-7(2)9(10)5-11-4/h5,13H,1-4H3. The van der Waals surface area contributed by atoms with Crippen molar-refractivity contribution in [3.63, 3.8) is 0 Å². The van der Waals surface area contributed by atoms with Crippen LogP contribution in [0.3, 0.4) is 0 Å². The number of rotatable bonds is 2. The molecule has 0 radical (unpaired) electrons. The molecule has 2 nitrogen and oxygen atoms in total. The molecule has 1 aromatic rings. The lowest BCUT2D eigenvalue weighted by Crippen LogP contribution is -1.97. The summed E-state index contributed by atoms with van der Waals surface area (Å²) in [5.74, 6) is 0.150. The van der Waals surface area contributed by atoms with Gasteiger partial charge in [0.2, 0.25) is 0 Å². The van der Waals surface area contributed by atoms with Crippen molar-refractivity contribution in [2.75, 3.05) is 7.05 Å². The Labute approximate surface area is 80.2 Å². The molecule has 1 aromatic heterocycles. The lowest BCUT2D eigenvalue weighted by molar-refractivity contribution is 0.101. The fourth-order valence-electron chi connectivity index (χ4n) is 1.54. The number of aliphatic imine (C=N–C) groups is 1. The number of ketones is 1. The summed E-state index contributed by atoms with van der Waals surface area (Å²) in [7, 11) is 2.40. The fraction of sp³-hybridized carbons (Fsp3) is 0.400. The molecule has 0 aromatic carbocycles. The Kier molecular flexibility index (Phi) is 3.05. The third-order valence-corrected chi connectivity index (χ3v) is 3.30. The smallest absolute Gasteiger partial charge is 0.161 e. The number of hydrogen-bond acceptors (Lipinski definition) is 2. The highest BCUT2D eigenvalue weighted by Gasteiger charge is 2.13. The van der Waals surface area contributed by atoms with Gasteiger partial charge in [0.25, 0.3) is 0 Å². The normalized spacial score (nSPS) is 11.7. The second-order valence-corrected chi connectivity index (χ2v) is 4.86. The summed E-state index contributed by atoms with van der Waals surface area (Å²) in [5.41, 5.74) is 1.91. The van der Waals surface area contributed by atoms with Gasteiger partial charge in [-0.05, 0) is 31.4 Å². The van der Waals surface area contributed by atoms with E-state index in [0.717, 1.165) is 11.1 Å². The molecule has 1 unspecified atom stereocenters. The summed E-state index contributed by atoms with van der Waals surface area (Å²) in [4.78, 5) is 15.3. The Morgan fingerprint density at radius 3 is 2.46 bits per heavy atom. The molecule has 1 heterocycles. The van der Waals surface area contributed by atoms with Crippen molar-refractivity contribution in [1.29, 1.82) is 0 Å². The van der Waals surface area contributed by atoms with Crippen LogP contribution in [0.5, 0.6) is 0 Å². The molecular weight excluding hydrogens is 181 g/mol. The largest absolute Gasteiger partial charge is 0.296 e. The zero-order chi connectivity index (χ0) is 10.0. The Morgan fingerprint density at radius 1 is 1.38 bits per heavy atom. The maximum Gasteiger partial charge on any atom is 0.161 e. The minimum absolute atomic E-state index is 0.150. The number of carbonyl (C=O) groups is 1. The van der Waals surface area contributed by atoms with Crippen LogP contribution in [0.1, 0.15) is 33.4 Å². The number of hydrogen-bond donors (Lipinski definition) is 0. The van der Waals surface area contributed by atoms with Gasteiger partial charge in [-0.15, -0.1) is 8.19 Å². The van der Waals surface area contributed by atoms with Crippen LogP contribution in [0.25, 0.3) is 0 Å². The molecule has 1 rings (SSSR count). The van der Waals surface area contributed by atoms with Crippen molar-refractivity contribution in [3.05, 3.63) is 21.7 Å². The fourth-order valence-corrected chi connectivity index (χ4v) is 2.87. The van der Waals surface area contributed by atoms with Gasteiger partial charge < -0.3 is 0 Å². The van der Waals surface area contributed by atoms with Gasteiger partial charge in [-0.25, -0.2) is 0 Å². The first-order valence-corrected chi connectivity index (χ1v) is 5.20. The van der Waals surface area contributed by atoms with Crippen molar-refractivity contribution in [2.24, 2.45) is 4.99 Å². The van der Waals surface area contributed by atoms with Crippen LogP contribution in [0, 0.1) is 13.8 Å². The predicted octanol–water partition coefficient (Wildman–Crippen LogP) is 2.59. The summed E-state index contributed by atoms with van der Waals surface area (Å²) in [6.07, 6.45) is 1.79. The Hall–Kier alpha value is -0.880. The average Bonchev–Trinajstić information content (AvgIpc) is 2.27. The van der Waals surface area contributed by atoms with E-state index in [1.54, 1.807) is 20.2 Å². The highest BCUT2D eigenvalue weighted by molar-refractivity contribution is 7.32. The third-order valence-electron chi connectivity index (χ3n) is 2.03. The maximum atomic E-state index is 11.3. The van der Waals surface area contributed by atoms with Gasteiger partial charge in [0.15, 0.2) is 5.78 Å². The van der Waals surface area contributed by atoms with E-state index in [1.807, 2.05) is 6.92 Å². The number of nitrogens with zero attached hydrogens (tertiary/aromatic N) is 1. The maximum absolute atomic E-state index is 11.3. The van der Waals surface area contributed by atoms with Gasteiger partial charge in [0.1, 0.15) is 0 Å². The van der Waals surface area contributed by atoms with Crippen LogP contribution in [0.4, 0.5) is 0 Å². The quantitative estimate of drug-likeness (QED) is 0.526. The first-order chi connectivity index (χ1) is 6.07. The van der Waals surface area contributed by atoms with Gasteiger partial charge >= 0.3 is 0 Å². The second-order valence-electron chi connectivity index (χ2n) is 3.11. The van der Waals surface area contributed by atoms with Crippen molar-refractivity contribution in [1.82, 2.24) is 0 Å². The summed E-state index contributed by atoms with van der Waals surface area (Å²) in [5, 5.41) is 2.47. The van der Waals surface area contributed by atoms with Gasteiger partial charge in [-0.1, -0.05) is 0 Å². The van der Waals surface area contributed by atoms with Crippen molar-refractivity contribution in [2.45, 2.75) is 20.8 Å². The van der Waals surface area contributed by atoms with Crippen molar-refractivity contribution >= 4 is 20.2 Å². The summed E-state index contributed by atoms with van der Waals surface area (Å²) >= 11 is 0. The lowest BCUT2D eigenvalue weighted by Gasteiger charge is -1.96. The van der Waals surface area contributed by atoms with Crippen molar-refractivity contribution in [3.8, 4) is 0 Å². The topological polar surface area (TPSA) is 29.4 Å². The van der Waals surface area contributed by atoms with Crippen LogP contribution in [0.15, 0.2) is 4.99 Å². The molecule has 0 aliphatic carbocycles. The highest BCUT2D eigenvalue weighted by atomic mass is 31.0. The van der Waals surface area contributed by atoms with Crippen LogP contribution in [0.2, 0.25) is 0 Å². The molecule has 0 fully saturated rings. The molecule has 0 aliphatic rings. The first-order valence-electron chi connectivity index (χ1n) is 4.20. The van der Waals surface area contributed by atoms with E-state index < -0.39 is 0 Å². The van der Waals surface area contributed by atoms with Crippen LogP contribution in [-0.2, 0) is 0 Å². The first kappa shape index (κ1) is 10.2. The Bertz CT molecular complexity index is 363. The van der Waals surface area contributed by atoms with Gasteiger partial charge in [-0.2, -0.15) is 0 Å². The van der Waals surface area contributed by atoms with E-state index in [2.05, 4.69) is 11.9 Å². The Balaban J connectivity index is 3.37. The second kappa shape index (κ2) is 3.89. The van der Waals surface area contributed by atoms with E-state index in [4.69, 9.17) is 0 Å². The summed E-state index contributed by atoms with van der Waals surface area (Å²) in [6, 6.07) is 0. The minimum atomic E-state index is 0.150. The molecule has 1 atom stereocenters. The van der Waals surface area contributed by atoms with Crippen LogP contribution >= 0.6 is 8.19 Å². The molecule has 0 saturated carbocycles. The molecular formula is C10H14NOP. The van der Waals surface area contributed by atoms with E-state index in [0.29, 0.717) is 8.19 Å². The number of aryl methyl sites for hydroxylation is 2. The van der Waals surface area contributed by atoms with Gasteiger partial charge in [0, 0.05) is 24.4 Å². The van der Waals surface area contributed by atoms with E-state index in [9.17, 15) is 4.79 Å². The number of carbonyl (C=O) groups excluding carboxylic acids is 1. The van der Waals surface area contributed by atoms with Gasteiger partial charge in [-0.3, -0.25) is 9.79 Å². The molecule has 0 bridgehead atoms. The summed E-state index contributed by atoms with van der Waals surface area (Å²) < 4.78 is 0. The monoisotopic (exact) mass is 195 g/mol. The molecule has 0 amide bonds. The molecule has 0 N–H and O–H groups in total. The van der Waals surface area contributed by atoms with Crippen LogP contribution < -0.4 is 0 Å². The minimum Gasteiger partial charge on any atom is -0.296 e. The predicted molar refractivity (Wildman–Crippen MR) is 58.9 cm³/mol. The Morgan fingerprint density at radius 2 is 2.00 bits per heavy atom. The van der Waals surface area contributed by atoms with Gasteiger partial charge in [0.05, 0.1) is 0 Å². The molecule has 0 spiro atoms. The summed E-state index contributed by atoms with van der Waals surface area (Å²) in [6.45, 7) is 5.70. The van der Waals surface area contributed by atoms with Crippen molar-refractivity contribution < 1.29 is 4.79 Å².